The Hall–Kier alpha value is -0.380. The number of benzene rings is 1. The van der Waals surface area contributed by atoms with Crippen molar-refractivity contribution in [3.05, 3.63) is 33.8 Å². The monoisotopic (exact) mass is 261 g/mol. The van der Waals surface area contributed by atoms with Crippen LogP contribution in [-0.4, -0.2) is 22.4 Å². The first-order chi connectivity index (χ1) is 7.15. The number of carbonyl (C=O) groups is 1. The first-order valence-corrected chi connectivity index (χ1v) is 6.37. The molecule has 0 bridgehead atoms. The average molecular weight is 262 g/mol. The molecular weight excluding hydrogens is 253 g/mol. The fourth-order valence-electron chi connectivity index (χ4n) is 1.46. The molecule has 2 nitrogen and oxygen atoms in total. The molecule has 1 aliphatic rings. The van der Waals surface area contributed by atoms with E-state index >= 15 is 0 Å². The van der Waals surface area contributed by atoms with Gasteiger partial charge in [0.05, 0.1) is 11.6 Å². The van der Waals surface area contributed by atoms with Crippen molar-refractivity contribution in [2.24, 2.45) is 0 Å². The molecule has 1 fully saturated rings. The normalized spacial score (nSPS) is 16.1. The van der Waals surface area contributed by atoms with Gasteiger partial charge in [-0.3, -0.25) is 4.79 Å². The molecule has 1 saturated heterocycles. The van der Waals surface area contributed by atoms with Crippen LogP contribution in [0.3, 0.4) is 0 Å². The second-order valence-corrected chi connectivity index (χ2v) is 5.17. The number of thioether (sulfide) groups is 1. The number of carbonyl (C=O) groups excluding carboxylic acids is 1. The van der Waals surface area contributed by atoms with Crippen molar-refractivity contribution < 1.29 is 4.79 Å². The Morgan fingerprint density at radius 2 is 1.93 bits per heavy atom. The Morgan fingerprint density at radius 1 is 1.27 bits per heavy atom. The predicted octanol–water partition coefficient (Wildman–Crippen LogP) is 3.03. The lowest BCUT2D eigenvalue weighted by molar-refractivity contribution is -0.127. The first kappa shape index (κ1) is 11.1. The van der Waals surface area contributed by atoms with E-state index in [1.54, 1.807) is 22.7 Å². The van der Waals surface area contributed by atoms with Gasteiger partial charge >= 0.3 is 0 Å². The van der Waals surface area contributed by atoms with Gasteiger partial charge < -0.3 is 4.90 Å². The third-order valence-corrected chi connectivity index (χ3v) is 3.50. The molecule has 0 aromatic heterocycles. The van der Waals surface area contributed by atoms with Crippen LogP contribution in [0.5, 0.6) is 0 Å². The Bertz CT molecular complexity index is 377. The van der Waals surface area contributed by atoms with Crippen LogP contribution in [-0.2, 0) is 11.3 Å². The summed E-state index contributed by atoms with van der Waals surface area (Å²) in [6.45, 7) is 0.589. The summed E-state index contributed by atoms with van der Waals surface area (Å²) in [6.07, 6.45) is 0. The summed E-state index contributed by atoms with van der Waals surface area (Å²) in [5.74, 6) is 1.51. The van der Waals surface area contributed by atoms with Crippen molar-refractivity contribution >= 4 is 40.9 Å². The van der Waals surface area contributed by atoms with Crippen LogP contribution in [0.4, 0.5) is 0 Å². The van der Waals surface area contributed by atoms with Gasteiger partial charge in [0.25, 0.3) is 0 Å². The maximum Gasteiger partial charge on any atom is 0.233 e. The Balaban J connectivity index is 2.13. The number of rotatable bonds is 2. The van der Waals surface area contributed by atoms with Crippen LogP contribution in [0.15, 0.2) is 18.2 Å². The van der Waals surface area contributed by atoms with Gasteiger partial charge in [0.2, 0.25) is 5.91 Å². The lowest BCUT2D eigenvalue weighted by Crippen LogP contribution is -2.24. The Kier molecular flexibility index (Phi) is 3.44. The average Bonchev–Trinajstić information content (AvgIpc) is 2.50. The van der Waals surface area contributed by atoms with E-state index in [1.165, 1.54) is 0 Å². The fourth-order valence-corrected chi connectivity index (χ4v) is 2.94. The molecule has 1 amide bonds. The van der Waals surface area contributed by atoms with E-state index in [9.17, 15) is 4.79 Å². The van der Waals surface area contributed by atoms with Gasteiger partial charge in [-0.25, -0.2) is 0 Å². The van der Waals surface area contributed by atoms with Crippen molar-refractivity contribution in [3.8, 4) is 0 Å². The van der Waals surface area contributed by atoms with E-state index in [4.69, 9.17) is 23.2 Å². The number of hydrogen-bond donors (Lipinski definition) is 0. The highest BCUT2D eigenvalue weighted by Crippen LogP contribution is 2.23. The van der Waals surface area contributed by atoms with Crippen molar-refractivity contribution in [1.82, 2.24) is 4.90 Å². The zero-order chi connectivity index (χ0) is 10.8. The van der Waals surface area contributed by atoms with Gasteiger partial charge in [0, 0.05) is 16.6 Å². The van der Waals surface area contributed by atoms with E-state index in [-0.39, 0.29) is 5.91 Å². The number of nitrogens with zero attached hydrogens (tertiary/aromatic N) is 1. The predicted molar refractivity (Wildman–Crippen MR) is 64.3 cm³/mol. The smallest absolute Gasteiger partial charge is 0.233 e. The molecule has 0 radical (unpaired) electrons. The van der Waals surface area contributed by atoms with E-state index in [1.807, 2.05) is 12.1 Å². The van der Waals surface area contributed by atoms with E-state index in [0.29, 0.717) is 22.3 Å². The summed E-state index contributed by atoms with van der Waals surface area (Å²) in [5.41, 5.74) is 0.975. The maximum absolute atomic E-state index is 11.4. The lowest BCUT2D eigenvalue weighted by Gasteiger charge is -2.14. The summed E-state index contributed by atoms with van der Waals surface area (Å²) in [7, 11) is 0. The summed E-state index contributed by atoms with van der Waals surface area (Å²) in [4.78, 5) is 13.2. The van der Waals surface area contributed by atoms with Gasteiger partial charge in [-0.2, -0.15) is 0 Å². The quantitative estimate of drug-likeness (QED) is 0.816. The molecule has 2 rings (SSSR count). The van der Waals surface area contributed by atoms with E-state index in [2.05, 4.69) is 0 Å². The number of amides is 1. The highest BCUT2D eigenvalue weighted by atomic mass is 35.5. The molecule has 5 heteroatoms. The van der Waals surface area contributed by atoms with Crippen LogP contribution >= 0.6 is 35.0 Å². The van der Waals surface area contributed by atoms with Crippen LogP contribution in [0.25, 0.3) is 0 Å². The van der Waals surface area contributed by atoms with Crippen LogP contribution in [0.2, 0.25) is 10.0 Å². The molecule has 1 aromatic rings. The summed E-state index contributed by atoms with van der Waals surface area (Å²) in [6, 6.07) is 5.36. The molecule has 0 atom stereocenters. The highest BCUT2D eigenvalue weighted by molar-refractivity contribution is 8.00. The second-order valence-electron chi connectivity index (χ2n) is 3.35. The molecule has 15 heavy (non-hydrogen) atoms. The second kappa shape index (κ2) is 4.64. The molecule has 1 aromatic carbocycles. The minimum absolute atomic E-state index is 0.177. The zero-order valence-corrected chi connectivity index (χ0v) is 10.2. The van der Waals surface area contributed by atoms with Crippen LogP contribution in [0, 0.1) is 0 Å². The van der Waals surface area contributed by atoms with Gasteiger partial charge in [-0.15, -0.1) is 11.8 Å². The molecule has 80 valence electrons. The maximum atomic E-state index is 11.4. The molecule has 0 N–H and O–H groups in total. The SMILES string of the molecule is O=C1CSCN1Cc1cc(Cl)cc(Cl)c1. The third kappa shape index (κ3) is 2.80. The number of halogens is 2. The lowest BCUT2D eigenvalue weighted by atomic mass is 10.2. The molecule has 0 aliphatic carbocycles. The molecule has 0 unspecified atom stereocenters. The molecule has 1 heterocycles. The van der Waals surface area contributed by atoms with Crippen molar-refractivity contribution in [1.29, 1.82) is 0 Å². The molecule has 1 aliphatic heterocycles. The van der Waals surface area contributed by atoms with Gasteiger partial charge in [-0.1, -0.05) is 23.2 Å². The van der Waals surface area contributed by atoms with Gasteiger partial charge in [-0.05, 0) is 23.8 Å². The van der Waals surface area contributed by atoms with Gasteiger partial charge in [0.15, 0.2) is 0 Å². The number of hydrogen-bond acceptors (Lipinski definition) is 2. The summed E-state index contributed by atoms with van der Waals surface area (Å²) in [5, 5.41) is 1.22. The minimum atomic E-state index is 0.177. The summed E-state index contributed by atoms with van der Waals surface area (Å²) < 4.78 is 0. The van der Waals surface area contributed by atoms with Gasteiger partial charge in [0.1, 0.15) is 0 Å². The summed E-state index contributed by atoms with van der Waals surface area (Å²) >= 11 is 13.4. The van der Waals surface area contributed by atoms with Crippen molar-refractivity contribution in [2.75, 3.05) is 11.6 Å². The molecular formula is C10H9Cl2NOS. The van der Waals surface area contributed by atoms with Crippen LogP contribution < -0.4 is 0 Å². The largest absolute Gasteiger partial charge is 0.328 e. The van der Waals surface area contributed by atoms with Crippen LogP contribution in [0.1, 0.15) is 5.56 Å². The first-order valence-electron chi connectivity index (χ1n) is 4.45. The Morgan fingerprint density at radius 3 is 2.47 bits per heavy atom. The van der Waals surface area contributed by atoms with E-state index < -0.39 is 0 Å². The van der Waals surface area contributed by atoms with E-state index in [0.717, 1.165) is 11.4 Å². The van der Waals surface area contributed by atoms with Crippen molar-refractivity contribution in [3.63, 3.8) is 0 Å². The third-order valence-electron chi connectivity index (χ3n) is 2.12. The topological polar surface area (TPSA) is 20.3 Å². The standard InChI is InChI=1S/C10H9Cl2NOS/c11-8-1-7(2-9(12)3-8)4-13-6-15-5-10(13)14/h1-3H,4-6H2. The zero-order valence-electron chi connectivity index (χ0n) is 7.87. The highest BCUT2D eigenvalue weighted by Gasteiger charge is 2.20. The molecule has 0 saturated carbocycles. The minimum Gasteiger partial charge on any atom is -0.328 e. The molecule has 0 spiro atoms. The Labute approximate surface area is 103 Å². The fraction of sp³-hybridized carbons (Fsp3) is 0.300. The van der Waals surface area contributed by atoms with Crippen molar-refractivity contribution in [2.45, 2.75) is 6.54 Å².